The number of alkyl halides is 3. The maximum atomic E-state index is 13.3. The Morgan fingerprint density at radius 2 is 1.92 bits per heavy atom. The predicted octanol–water partition coefficient (Wildman–Crippen LogP) is 4.72. The second kappa shape index (κ2) is 12.0. The topological polar surface area (TPSA) is 106 Å². The van der Waals surface area contributed by atoms with Crippen LogP contribution in [0, 0.1) is 5.92 Å². The van der Waals surface area contributed by atoms with E-state index in [1.54, 1.807) is 29.4 Å². The zero-order valence-corrected chi connectivity index (χ0v) is 20.5. The van der Waals surface area contributed by atoms with E-state index < -0.39 is 17.8 Å². The lowest BCUT2D eigenvalue weighted by Crippen LogP contribution is -2.41. The third kappa shape index (κ3) is 7.42. The number of hydrogen-bond acceptors (Lipinski definition) is 7. The average molecular weight is 518 g/mol. The lowest BCUT2D eigenvalue weighted by atomic mass is 9.84. The van der Waals surface area contributed by atoms with Crippen LogP contribution in [0.25, 0.3) is 5.82 Å². The van der Waals surface area contributed by atoms with E-state index in [0.717, 1.165) is 37.8 Å². The van der Waals surface area contributed by atoms with Crippen LogP contribution in [0.5, 0.6) is 0 Å². The number of nitrogens with one attached hydrogen (secondary N) is 3. The molecule has 1 amide bonds. The molecule has 0 radical (unpaired) electrons. The highest BCUT2D eigenvalue weighted by atomic mass is 19.4. The van der Waals surface area contributed by atoms with E-state index in [-0.39, 0.29) is 18.4 Å². The van der Waals surface area contributed by atoms with Crippen LogP contribution in [0.4, 0.5) is 24.9 Å². The molecular formula is C25H30F3N7O2. The third-order valence-corrected chi connectivity index (χ3v) is 6.36. The molecular weight excluding hydrogens is 487 g/mol. The van der Waals surface area contributed by atoms with Crippen LogP contribution in [0.15, 0.2) is 49.1 Å². The van der Waals surface area contributed by atoms with Crippen molar-refractivity contribution in [1.82, 2.24) is 24.8 Å². The maximum Gasteiger partial charge on any atom is 0.416 e. The first-order valence-corrected chi connectivity index (χ1v) is 12.2. The van der Waals surface area contributed by atoms with Crippen molar-refractivity contribution in [2.75, 3.05) is 17.9 Å². The lowest BCUT2D eigenvalue weighted by Gasteiger charge is -2.27. The number of benzene rings is 1. The van der Waals surface area contributed by atoms with Gasteiger partial charge in [-0.1, -0.05) is 44.2 Å². The highest BCUT2D eigenvalue weighted by molar-refractivity contribution is 5.84. The van der Waals surface area contributed by atoms with Gasteiger partial charge in [0.1, 0.15) is 24.0 Å². The standard InChI is InChI=1S/C25H30F3N7O2/c1-37-34-24-32-21(14-22(33-24)35-12-11-29-16-35)31-20(13-17-5-3-2-4-6-17)23(36)30-15-18-7-9-19(10-8-18)25(26,27)28/h7-12,14,16-17,20H,2-6,13,15H2,1H3,(H,30,36)(H2,31,32,33,34)/t20-/m1/s1. The molecule has 2 aromatic heterocycles. The van der Waals surface area contributed by atoms with Gasteiger partial charge in [-0.15, -0.1) is 0 Å². The Morgan fingerprint density at radius 3 is 2.57 bits per heavy atom. The van der Waals surface area contributed by atoms with Crippen LogP contribution < -0.4 is 16.1 Å². The summed E-state index contributed by atoms with van der Waals surface area (Å²) < 4.78 is 40.3. The summed E-state index contributed by atoms with van der Waals surface area (Å²) in [5.74, 6) is 1.28. The van der Waals surface area contributed by atoms with E-state index in [9.17, 15) is 18.0 Å². The quantitative estimate of drug-likeness (QED) is 0.334. The van der Waals surface area contributed by atoms with Crippen molar-refractivity contribution in [3.05, 3.63) is 60.2 Å². The Kier molecular flexibility index (Phi) is 8.59. The monoisotopic (exact) mass is 517 g/mol. The summed E-state index contributed by atoms with van der Waals surface area (Å²) >= 11 is 0. The van der Waals surface area contributed by atoms with E-state index in [2.05, 4.69) is 31.1 Å². The molecule has 0 unspecified atom stereocenters. The number of hydrogen-bond donors (Lipinski definition) is 3. The fraction of sp³-hybridized carbons (Fsp3) is 0.440. The molecule has 3 aromatic rings. The summed E-state index contributed by atoms with van der Waals surface area (Å²) in [6.07, 6.45) is 6.71. The van der Waals surface area contributed by atoms with Gasteiger partial charge in [-0.25, -0.2) is 10.5 Å². The number of carbonyl (C=O) groups excluding carboxylic acids is 1. The summed E-state index contributed by atoms with van der Waals surface area (Å²) in [5, 5.41) is 6.12. The minimum absolute atomic E-state index is 0.111. The minimum Gasteiger partial charge on any atom is -0.358 e. The van der Waals surface area contributed by atoms with Gasteiger partial charge in [0.2, 0.25) is 5.91 Å². The number of imidazole rings is 1. The molecule has 198 valence electrons. The number of carbonyl (C=O) groups is 1. The first kappa shape index (κ1) is 26.4. The summed E-state index contributed by atoms with van der Waals surface area (Å²) in [5.41, 5.74) is 2.47. The molecule has 1 saturated carbocycles. The number of aromatic nitrogens is 4. The normalized spacial score (nSPS) is 15.2. The first-order valence-electron chi connectivity index (χ1n) is 12.2. The molecule has 1 fully saturated rings. The SMILES string of the molecule is CONc1nc(N[C@H](CC2CCCCC2)C(=O)NCc2ccc(C(F)(F)F)cc2)cc(-n2ccnc2)n1. The van der Waals surface area contributed by atoms with E-state index in [0.29, 0.717) is 29.5 Å². The van der Waals surface area contributed by atoms with Gasteiger partial charge in [-0.05, 0) is 30.0 Å². The van der Waals surface area contributed by atoms with Crippen molar-refractivity contribution in [3.8, 4) is 5.82 Å². The van der Waals surface area contributed by atoms with Crippen LogP contribution in [0.1, 0.15) is 49.7 Å². The summed E-state index contributed by atoms with van der Waals surface area (Å²) in [7, 11) is 1.45. The molecule has 2 heterocycles. The molecule has 4 rings (SSSR count). The van der Waals surface area contributed by atoms with E-state index >= 15 is 0 Å². The average Bonchev–Trinajstić information content (AvgIpc) is 3.43. The van der Waals surface area contributed by atoms with Gasteiger partial charge in [-0.3, -0.25) is 14.2 Å². The van der Waals surface area contributed by atoms with Crippen molar-refractivity contribution in [2.45, 2.75) is 57.3 Å². The van der Waals surface area contributed by atoms with Crippen LogP contribution in [0.2, 0.25) is 0 Å². The van der Waals surface area contributed by atoms with Gasteiger partial charge in [0.05, 0.1) is 12.7 Å². The van der Waals surface area contributed by atoms with E-state index in [1.807, 2.05) is 0 Å². The number of rotatable bonds is 10. The molecule has 9 nitrogen and oxygen atoms in total. The van der Waals surface area contributed by atoms with Crippen LogP contribution in [0.3, 0.4) is 0 Å². The molecule has 3 N–H and O–H groups in total. The van der Waals surface area contributed by atoms with E-state index in [1.165, 1.54) is 25.7 Å². The third-order valence-electron chi connectivity index (χ3n) is 6.36. The highest BCUT2D eigenvalue weighted by Crippen LogP contribution is 2.30. The van der Waals surface area contributed by atoms with Crippen molar-refractivity contribution in [2.24, 2.45) is 5.92 Å². The van der Waals surface area contributed by atoms with Crippen molar-refractivity contribution >= 4 is 17.7 Å². The van der Waals surface area contributed by atoms with Crippen LogP contribution in [-0.2, 0) is 22.4 Å². The molecule has 1 aliphatic rings. The zero-order chi connectivity index (χ0) is 26.3. The van der Waals surface area contributed by atoms with Gasteiger partial charge >= 0.3 is 6.18 Å². The largest absolute Gasteiger partial charge is 0.416 e. The Bertz CT molecular complexity index is 1150. The second-order valence-electron chi connectivity index (χ2n) is 9.06. The second-order valence-corrected chi connectivity index (χ2v) is 9.06. The smallest absolute Gasteiger partial charge is 0.358 e. The highest BCUT2D eigenvalue weighted by Gasteiger charge is 2.30. The van der Waals surface area contributed by atoms with Crippen LogP contribution in [-0.4, -0.2) is 38.6 Å². The van der Waals surface area contributed by atoms with Crippen LogP contribution >= 0.6 is 0 Å². The lowest BCUT2D eigenvalue weighted by molar-refractivity contribution is -0.137. The molecule has 12 heteroatoms. The fourth-order valence-corrected chi connectivity index (χ4v) is 4.46. The molecule has 1 aromatic carbocycles. The molecule has 0 bridgehead atoms. The molecule has 0 spiro atoms. The van der Waals surface area contributed by atoms with E-state index in [4.69, 9.17) is 4.84 Å². The minimum atomic E-state index is -4.40. The van der Waals surface area contributed by atoms with Gasteiger partial charge in [0, 0.05) is 25.0 Å². The summed E-state index contributed by atoms with van der Waals surface area (Å²) in [4.78, 5) is 31.1. The first-order chi connectivity index (χ1) is 17.8. The molecule has 0 saturated heterocycles. The van der Waals surface area contributed by atoms with Gasteiger partial charge in [0.15, 0.2) is 0 Å². The maximum absolute atomic E-state index is 13.3. The number of amides is 1. The van der Waals surface area contributed by atoms with Gasteiger partial charge < -0.3 is 10.6 Å². The Labute approximate surface area is 212 Å². The molecule has 1 atom stereocenters. The van der Waals surface area contributed by atoms with Crippen molar-refractivity contribution < 1.29 is 22.8 Å². The van der Waals surface area contributed by atoms with Gasteiger partial charge in [0.25, 0.3) is 5.95 Å². The Balaban J connectivity index is 1.51. The predicted molar refractivity (Wildman–Crippen MR) is 132 cm³/mol. The fourth-order valence-electron chi connectivity index (χ4n) is 4.46. The zero-order valence-electron chi connectivity index (χ0n) is 20.5. The summed E-state index contributed by atoms with van der Waals surface area (Å²) in [6.45, 7) is 0.111. The number of halogens is 3. The summed E-state index contributed by atoms with van der Waals surface area (Å²) in [6, 6.07) is 5.89. The van der Waals surface area contributed by atoms with Crippen molar-refractivity contribution in [3.63, 3.8) is 0 Å². The number of nitrogens with zero attached hydrogens (tertiary/aromatic N) is 4. The Morgan fingerprint density at radius 1 is 1.16 bits per heavy atom. The molecule has 37 heavy (non-hydrogen) atoms. The van der Waals surface area contributed by atoms with Gasteiger partial charge in [-0.2, -0.15) is 23.1 Å². The number of anilines is 2. The molecule has 1 aliphatic carbocycles. The molecule has 0 aliphatic heterocycles. The van der Waals surface area contributed by atoms with Crippen molar-refractivity contribution in [1.29, 1.82) is 0 Å². The Hall–Kier alpha value is -3.67.